The summed E-state index contributed by atoms with van der Waals surface area (Å²) < 4.78 is 10.8. The number of aromatic carboxylic acids is 1. The molecule has 0 saturated heterocycles. The molecule has 0 atom stereocenters. The highest BCUT2D eigenvalue weighted by molar-refractivity contribution is 5.88. The third kappa shape index (κ3) is 3.95. The van der Waals surface area contributed by atoms with Crippen LogP contribution in [0.3, 0.4) is 0 Å². The topological polar surface area (TPSA) is 68.7 Å². The molecular weight excluding hydrogens is 270 g/mol. The van der Waals surface area contributed by atoms with Crippen molar-refractivity contribution in [1.82, 2.24) is 4.98 Å². The minimum Gasteiger partial charge on any atom is -0.497 e. The molecule has 0 aliphatic carbocycles. The number of hydrogen-bond acceptors (Lipinski definition) is 4. The fourth-order valence-corrected chi connectivity index (χ4v) is 1.91. The molecule has 0 aliphatic heterocycles. The fourth-order valence-electron chi connectivity index (χ4n) is 1.91. The quantitative estimate of drug-likeness (QED) is 0.880. The summed E-state index contributed by atoms with van der Waals surface area (Å²) in [6, 6.07) is 10.1. The molecule has 5 nitrogen and oxygen atoms in total. The molecule has 5 heteroatoms. The standard InChI is InChI=1S/C16H17NO4/c1-3-5-12-8-11(16(18)19)9-15(17-12)21-14-7-4-6-13(10-14)20-2/h4,6-10H,3,5H2,1-2H3,(H,18,19). The van der Waals surface area contributed by atoms with Gasteiger partial charge in [0.2, 0.25) is 5.88 Å². The molecule has 0 radical (unpaired) electrons. The molecule has 0 spiro atoms. The van der Waals surface area contributed by atoms with Gasteiger partial charge in [-0.25, -0.2) is 9.78 Å². The summed E-state index contributed by atoms with van der Waals surface area (Å²) in [5.74, 6) is 0.486. The van der Waals surface area contributed by atoms with E-state index in [0.717, 1.165) is 6.42 Å². The van der Waals surface area contributed by atoms with E-state index in [1.165, 1.54) is 6.07 Å². The predicted octanol–water partition coefficient (Wildman–Crippen LogP) is 3.53. The van der Waals surface area contributed by atoms with E-state index < -0.39 is 5.97 Å². The van der Waals surface area contributed by atoms with Crippen LogP contribution >= 0.6 is 0 Å². The molecule has 0 saturated carbocycles. The first-order chi connectivity index (χ1) is 10.1. The van der Waals surface area contributed by atoms with Crippen molar-refractivity contribution in [2.75, 3.05) is 7.11 Å². The molecule has 2 rings (SSSR count). The van der Waals surface area contributed by atoms with Crippen LogP contribution in [0.1, 0.15) is 29.4 Å². The number of methoxy groups -OCH3 is 1. The van der Waals surface area contributed by atoms with Gasteiger partial charge in [-0.05, 0) is 24.6 Å². The fraction of sp³-hybridized carbons (Fsp3) is 0.250. The molecular formula is C16H17NO4. The van der Waals surface area contributed by atoms with Crippen molar-refractivity contribution < 1.29 is 19.4 Å². The number of nitrogens with zero attached hydrogens (tertiary/aromatic N) is 1. The number of aryl methyl sites for hydroxylation is 1. The summed E-state index contributed by atoms with van der Waals surface area (Å²) in [4.78, 5) is 15.5. The van der Waals surface area contributed by atoms with Gasteiger partial charge in [0, 0.05) is 17.8 Å². The highest BCUT2D eigenvalue weighted by Crippen LogP contribution is 2.25. The van der Waals surface area contributed by atoms with Gasteiger partial charge in [-0.1, -0.05) is 19.4 Å². The molecule has 0 bridgehead atoms. The summed E-state index contributed by atoms with van der Waals surface area (Å²) in [5, 5.41) is 9.15. The van der Waals surface area contributed by atoms with Crippen molar-refractivity contribution in [2.45, 2.75) is 19.8 Å². The Hall–Kier alpha value is -2.56. The van der Waals surface area contributed by atoms with Crippen LogP contribution in [0.25, 0.3) is 0 Å². The van der Waals surface area contributed by atoms with Crippen molar-refractivity contribution in [1.29, 1.82) is 0 Å². The first-order valence-corrected chi connectivity index (χ1v) is 6.68. The van der Waals surface area contributed by atoms with Gasteiger partial charge in [0.1, 0.15) is 11.5 Å². The Kier molecular flexibility index (Phi) is 4.77. The van der Waals surface area contributed by atoms with E-state index in [4.69, 9.17) is 14.6 Å². The first kappa shape index (κ1) is 14.8. The maximum atomic E-state index is 11.2. The number of rotatable bonds is 6. The van der Waals surface area contributed by atoms with E-state index in [0.29, 0.717) is 23.6 Å². The Labute approximate surface area is 123 Å². The van der Waals surface area contributed by atoms with Gasteiger partial charge in [0.15, 0.2) is 0 Å². The Morgan fingerprint density at radius 3 is 2.67 bits per heavy atom. The zero-order valence-corrected chi connectivity index (χ0v) is 12.0. The van der Waals surface area contributed by atoms with E-state index in [1.54, 1.807) is 37.4 Å². The Balaban J connectivity index is 2.31. The van der Waals surface area contributed by atoms with E-state index in [2.05, 4.69) is 4.98 Å². The van der Waals surface area contributed by atoms with Crippen molar-refractivity contribution in [3.8, 4) is 17.4 Å². The maximum absolute atomic E-state index is 11.2. The third-order valence-corrected chi connectivity index (χ3v) is 2.87. The average Bonchev–Trinajstić information content (AvgIpc) is 2.47. The highest BCUT2D eigenvalue weighted by atomic mass is 16.5. The number of hydrogen-bond donors (Lipinski definition) is 1. The number of carbonyl (C=O) groups is 1. The van der Waals surface area contributed by atoms with Gasteiger partial charge in [-0.15, -0.1) is 0 Å². The van der Waals surface area contributed by atoms with Crippen LogP contribution < -0.4 is 9.47 Å². The first-order valence-electron chi connectivity index (χ1n) is 6.68. The van der Waals surface area contributed by atoms with Crippen molar-refractivity contribution in [3.05, 3.63) is 47.7 Å². The van der Waals surface area contributed by atoms with E-state index >= 15 is 0 Å². The Bertz CT molecular complexity index is 640. The van der Waals surface area contributed by atoms with Crippen LogP contribution in [0.15, 0.2) is 36.4 Å². The lowest BCUT2D eigenvalue weighted by Gasteiger charge is -2.09. The van der Waals surface area contributed by atoms with Crippen molar-refractivity contribution in [3.63, 3.8) is 0 Å². The lowest BCUT2D eigenvalue weighted by atomic mass is 10.1. The Morgan fingerprint density at radius 2 is 2.00 bits per heavy atom. The number of benzene rings is 1. The second kappa shape index (κ2) is 6.74. The zero-order chi connectivity index (χ0) is 15.2. The molecule has 21 heavy (non-hydrogen) atoms. The van der Waals surface area contributed by atoms with Gasteiger partial charge in [0.05, 0.1) is 12.7 Å². The van der Waals surface area contributed by atoms with Crippen LogP contribution in [-0.2, 0) is 6.42 Å². The predicted molar refractivity (Wildman–Crippen MR) is 78.3 cm³/mol. The molecule has 1 aromatic carbocycles. The smallest absolute Gasteiger partial charge is 0.335 e. The maximum Gasteiger partial charge on any atom is 0.335 e. The molecule has 0 amide bonds. The third-order valence-electron chi connectivity index (χ3n) is 2.87. The van der Waals surface area contributed by atoms with Gasteiger partial charge in [0.25, 0.3) is 0 Å². The molecule has 110 valence electrons. The summed E-state index contributed by atoms with van der Waals surface area (Å²) in [5.41, 5.74) is 0.877. The Morgan fingerprint density at radius 1 is 1.24 bits per heavy atom. The van der Waals surface area contributed by atoms with Crippen LogP contribution in [0.4, 0.5) is 0 Å². The average molecular weight is 287 g/mol. The van der Waals surface area contributed by atoms with Crippen molar-refractivity contribution in [2.24, 2.45) is 0 Å². The molecule has 1 heterocycles. The molecule has 1 N–H and O–H groups in total. The second-order valence-corrected chi connectivity index (χ2v) is 4.52. The summed E-state index contributed by atoms with van der Waals surface area (Å²) in [6.45, 7) is 2.01. The van der Waals surface area contributed by atoms with E-state index in [1.807, 2.05) is 6.92 Å². The minimum atomic E-state index is -0.995. The highest BCUT2D eigenvalue weighted by Gasteiger charge is 2.10. The van der Waals surface area contributed by atoms with E-state index in [9.17, 15) is 4.79 Å². The van der Waals surface area contributed by atoms with Gasteiger partial charge in [-0.2, -0.15) is 0 Å². The van der Waals surface area contributed by atoms with Crippen molar-refractivity contribution >= 4 is 5.97 Å². The zero-order valence-electron chi connectivity index (χ0n) is 12.0. The lowest BCUT2D eigenvalue weighted by Crippen LogP contribution is -2.02. The number of aromatic nitrogens is 1. The SMILES string of the molecule is CCCc1cc(C(=O)O)cc(Oc2cccc(OC)c2)n1. The molecule has 0 fully saturated rings. The molecule has 1 aromatic heterocycles. The number of pyridine rings is 1. The molecule has 0 unspecified atom stereocenters. The van der Waals surface area contributed by atoms with Crippen LogP contribution in [-0.4, -0.2) is 23.2 Å². The molecule has 2 aromatic rings. The number of carboxylic acids is 1. The summed E-state index contributed by atoms with van der Waals surface area (Å²) in [7, 11) is 1.57. The lowest BCUT2D eigenvalue weighted by molar-refractivity contribution is 0.0696. The molecule has 0 aliphatic rings. The second-order valence-electron chi connectivity index (χ2n) is 4.52. The number of ether oxygens (including phenoxy) is 2. The summed E-state index contributed by atoms with van der Waals surface area (Å²) >= 11 is 0. The van der Waals surface area contributed by atoms with Gasteiger partial charge < -0.3 is 14.6 Å². The normalized spacial score (nSPS) is 10.2. The van der Waals surface area contributed by atoms with Crippen LogP contribution in [0, 0.1) is 0 Å². The summed E-state index contributed by atoms with van der Waals surface area (Å²) in [6.07, 6.45) is 1.59. The van der Waals surface area contributed by atoms with E-state index in [-0.39, 0.29) is 11.4 Å². The minimum absolute atomic E-state index is 0.173. The van der Waals surface area contributed by atoms with Crippen LogP contribution in [0.5, 0.6) is 17.4 Å². The largest absolute Gasteiger partial charge is 0.497 e. The monoisotopic (exact) mass is 287 g/mol. The number of carboxylic acid groups (broad SMARTS) is 1. The van der Waals surface area contributed by atoms with Gasteiger partial charge >= 0.3 is 5.97 Å². The van der Waals surface area contributed by atoms with Crippen LogP contribution in [0.2, 0.25) is 0 Å². The van der Waals surface area contributed by atoms with Gasteiger partial charge in [-0.3, -0.25) is 0 Å².